The van der Waals surface area contributed by atoms with Crippen LogP contribution in [0.3, 0.4) is 0 Å². The Hall–Kier alpha value is -0.960. The number of benzene rings is 1. The SMILES string of the molecule is CC(C)c1ccc(C(=O)O)c(C2CC2)c1SC1CC1. The number of aromatic carboxylic acids is 1. The fourth-order valence-electron chi connectivity index (χ4n) is 2.52. The van der Waals surface area contributed by atoms with Crippen LogP contribution in [0.15, 0.2) is 17.0 Å². The minimum Gasteiger partial charge on any atom is -0.478 e. The molecular weight excluding hydrogens is 256 g/mol. The lowest BCUT2D eigenvalue weighted by molar-refractivity contribution is 0.0695. The van der Waals surface area contributed by atoms with Gasteiger partial charge < -0.3 is 5.11 Å². The van der Waals surface area contributed by atoms with Crippen LogP contribution in [0.5, 0.6) is 0 Å². The summed E-state index contributed by atoms with van der Waals surface area (Å²) in [7, 11) is 0. The monoisotopic (exact) mass is 276 g/mol. The molecule has 2 aliphatic carbocycles. The van der Waals surface area contributed by atoms with Gasteiger partial charge in [-0.05, 0) is 54.7 Å². The molecule has 0 radical (unpaired) electrons. The summed E-state index contributed by atoms with van der Waals surface area (Å²) in [6.45, 7) is 4.40. The molecule has 2 aliphatic rings. The first kappa shape index (κ1) is 13.0. The molecule has 0 bridgehead atoms. The van der Waals surface area contributed by atoms with Gasteiger partial charge in [-0.25, -0.2) is 4.79 Å². The van der Waals surface area contributed by atoms with Crippen LogP contribution in [0.4, 0.5) is 0 Å². The summed E-state index contributed by atoms with van der Waals surface area (Å²) in [5.41, 5.74) is 3.01. The van der Waals surface area contributed by atoms with E-state index in [4.69, 9.17) is 0 Å². The first-order valence-corrected chi connectivity index (χ1v) is 8.02. The number of thioether (sulfide) groups is 1. The molecule has 0 unspecified atom stereocenters. The van der Waals surface area contributed by atoms with Crippen molar-refractivity contribution < 1.29 is 9.90 Å². The highest BCUT2D eigenvalue weighted by Crippen LogP contribution is 2.51. The number of carbonyl (C=O) groups is 1. The lowest BCUT2D eigenvalue weighted by Crippen LogP contribution is -2.06. The fraction of sp³-hybridized carbons (Fsp3) is 0.562. The van der Waals surface area contributed by atoms with Crippen LogP contribution in [0.25, 0.3) is 0 Å². The second kappa shape index (κ2) is 4.86. The molecule has 3 rings (SSSR count). The topological polar surface area (TPSA) is 37.3 Å². The van der Waals surface area contributed by atoms with Crippen LogP contribution in [-0.4, -0.2) is 16.3 Å². The average Bonchev–Trinajstić information content (AvgIpc) is 3.22. The fourth-order valence-corrected chi connectivity index (χ4v) is 4.07. The average molecular weight is 276 g/mol. The maximum absolute atomic E-state index is 11.5. The van der Waals surface area contributed by atoms with Gasteiger partial charge in [-0.15, -0.1) is 11.8 Å². The Kier molecular flexibility index (Phi) is 3.34. The lowest BCUT2D eigenvalue weighted by Gasteiger charge is -2.18. The second-order valence-corrected chi connectivity index (χ2v) is 7.31. The summed E-state index contributed by atoms with van der Waals surface area (Å²) in [4.78, 5) is 12.8. The molecule has 0 amide bonds. The van der Waals surface area contributed by atoms with Gasteiger partial charge in [0.2, 0.25) is 0 Å². The van der Waals surface area contributed by atoms with Crippen LogP contribution in [0, 0.1) is 0 Å². The molecule has 0 aliphatic heterocycles. The van der Waals surface area contributed by atoms with Gasteiger partial charge in [0.15, 0.2) is 0 Å². The van der Waals surface area contributed by atoms with Gasteiger partial charge in [0, 0.05) is 10.1 Å². The van der Waals surface area contributed by atoms with Crippen molar-refractivity contribution in [3.05, 3.63) is 28.8 Å². The Labute approximate surface area is 118 Å². The maximum atomic E-state index is 11.5. The van der Waals surface area contributed by atoms with Crippen LogP contribution < -0.4 is 0 Å². The third-order valence-corrected chi connectivity index (χ3v) is 5.37. The lowest BCUT2D eigenvalue weighted by atomic mass is 9.94. The first-order valence-electron chi connectivity index (χ1n) is 7.14. The van der Waals surface area contributed by atoms with Crippen molar-refractivity contribution in [2.24, 2.45) is 0 Å². The minimum atomic E-state index is -0.769. The molecule has 0 spiro atoms. The number of carboxylic acids is 1. The van der Waals surface area contributed by atoms with Crippen molar-refractivity contribution in [3.63, 3.8) is 0 Å². The normalized spacial score (nSPS) is 18.9. The molecule has 0 saturated heterocycles. The third-order valence-electron chi connectivity index (χ3n) is 3.87. The van der Waals surface area contributed by atoms with E-state index in [2.05, 4.69) is 13.8 Å². The number of hydrogen-bond acceptors (Lipinski definition) is 2. The van der Waals surface area contributed by atoms with E-state index in [1.807, 2.05) is 23.9 Å². The van der Waals surface area contributed by atoms with Gasteiger partial charge in [0.05, 0.1) is 5.56 Å². The Morgan fingerprint density at radius 2 is 1.95 bits per heavy atom. The van der Waals surface area contributed by atoms with Crippen molar-refractivity contribution in [3.8, 4) is 0 Å². The predicted molar refractivity (Wildman–Crippen MR) is 78.3 cm³/mol. The van der Waals surface area contributed by atoms with Gasteiger partial charge in [0.25, 0.3) is 0 Å². The van der Waals surface area contributed by atoms with E-state index in [-0.39, 0.29) is 0 Å². The molecule has 2 nitrogen and oxygen atoms in total. The zero-order valence-corrected chi connectivity index (χ0v) is 12.3. The molecule has 102 valence electrons. The smallest absolute Gasteiger partial charge is 0.336 e. The summed E-state index contributed by atoms with van der Waals surface area (Å²) >= 11 is 1.93. The highest BCUT2D eigenvalue weighted by Gasteiger charge is 2.34. The number of hydrogen-bond donors (Lipinski definition) is 1. The number of rotatable bonds is 5. The summed E-state index contributed by atoms with van der Waals surface area (Å²) in [5.74, 6) is 0.183. The van der Waals surface area contributed by atoms with Crippen LogP contribution in [-0.2, 0) is 0 Å². The molecule has 0 aromatic heterocycles. The van der Waals surface area contributed by atoms with Crippen molar-refractivity contribution in [2.75, 3.05) is 0 Å². The zero-order valence-electron chi connectivity index (χ0n) is 11.5. The van der Waals surface area contributed by atoms with Crippen molar-refractivity contribution in [1.29, 1.82) is 0 Å². The highest BCUT2D eigenvalue weighted by atomic mass is 32.2. The highest BCUT2D eigenvalue weighted by molar-refractivity contribution is 8.00. The van der Waals surface area contributed by atoms with E-state index in [1.165, 1.54) is 23.3 Å². The molecule has 1 N–H and O–H groups in total. The van der Waals surface area contributed by atoms with Crippen LogP contribution >= 0.6 is 11.8 Å². The van der Waals surface area contributed by atoms with Gasteiger partial charge in [-0.2, -0.15) is 0 Å². The van der Waals surface area contributed by atoms with E-state index < -0.39 is 5.97 Å². The van der Waals surface area contributed by atoms with Crippen molar-refractivity contribution in [2.45, 2.75) is 61.5 Å². The van der Waals surface area contributed by atoms with Crippen molar-refractivity contribution in [1.82, 2.24) is 0 Å². The summed E-state index contributed by atoms with van der Waals surface area (Å²) in [5, 5.41) is 10.2. The molecule has 1 aromatic carbocycles. The van der Waals surface area contributed by atoms with Gasteiger partial charge >= 0.3 is 5.97 Å². The Morgan fingerprint density at radius 3 is 2.42 bits per heavy atom. The third kappa shape index (κ3) is 2.66. The van der Waals surface area contributed by atoms with E-state index in [0.717, 1.165) is 23.7 Å². The predicted octanol–water partition coefficient (Wildman–Crippen LogP) is 4.64. The standard InChI is InChI=1S/C16H20O2S/c1-9(2)12-7-8-13(16(17)18)14(10-3-4-10)15(12)19-11-5-6-11/h7-11H,3-6H2,1-2H3,(H,17,18). The Bertz CT molecular complexity index is 514. The first-order chi connectivity index (χ1) is 9.08. The second-order valence-electron chi connectivity index (χ2n) is 6.00. The summed E-state index contributed by atoms with van der Waals surface area (Å²) in [6, 6.07) is 3.85. The van der Waals surface area contributed by atoms with Gasteiger partial charge in [-0.3, -0.25) is 0 Å². The molecule has 1 aromatic rings. The Morgan fingerprint density at radius 1 is 1.26 bits per heavy atom. The molecule has 3 heteroatoms. The van der Waals surface area contributed by atoms with E-state index in [1.54, 1.807) is 0 Å². The quantitative estimate of drug-likeness (QED) is 0.851. The molecule has 0 atom stereocenters. The molecule has 2 fully saturated rings. The van der Waals surface area contributed by atoms with Gasteiger partial charge in [0.1, 0.15) is 0 Å². The van der Waals surface area contributed by atoms with E-state index >= 15 is 0 Å². The summed E-state index contributed by atoms with van der Waals surface area (Å²) < 4.78 is 0. The molecule has 19 heavy (non-hydrogen) atoms. The largest absolute Gasteiger partial charge is 0.478 e. The van der Waals surface area contributed by atoms with Crippen molar-refractivity contribution >= 4 is 17.7 Å². The molecule has 2 saturated carbocycles. The van der Waals surface area contributed by atoms with E-state index in [9.17, 15) is 9.90 Å². The Balaban J connectivity index is 2.11. The van der Waals surface area contributed by atoms with Crippen LogP contribution in [0.1, 0.15) is 72.9 Å². The molecule has 0 heterocycles. The molecular formula is C16H20O2S. The number of carboxylic acid groups (broad SMARTS) is 1. The van der Waals surface area contributed by atoms with Gasteiger partial charge in [-0.1, -0.05) is 19.9 Å². The summed E-state index contributed by atoms with van der Waals surface area (Å²) in [6.07, 6.45) is 4.87. The maximum Gasteiger partial charge on any atom is 0.336 e. The van der Waals surface area contributed by atoms with Crippen LogP contribution in [0.2, 0.25) is 0 Å². The zero-order chi connectivity index (χ0) is 13.6. The van der Waals surface area contributed by atoms with E-state index in [0.29, 0.717) is 17.4 Å². The minimum absolute atomic E-state index is 0.460.